The van der Waals surface area contributed by atoms with Gasteiger partial charge in [-0.05, 0) is 0 Å². The van der Waals surface area contributed by atoms with Crippen LogP contribution in [-0.2, 0) is 13.8 Å². The first-order valence-corrected chi connectivity index (χ1v) is 8.36. The quantitative estimate of drug-likeness (QED) is 0.797. The van der Waals surface area contributed by atoms with Gasteiger partial charge >= 0.3 is 0 Å². The maximum Gasteiger partial charge on any atom is 0.232 e. The van der Waals surface area contributed by atoms with Crippen molar-refractivity contribution < 1.29 is 13.2 Å². The Hall–Kier alpha value is -0.370. The predicted molar refractivity (Wildman–Crippen MR) is 67.2 cm³/mol. The van der Waals surface area contributed by atoms with Crippen LogP contribution in [0.25, 0.3) is 0 Å². The Morgan fingerprint density at radius 3 is 2.82 bits per heavy atom. The van der Waals surface area contributed by atoms with Gasteiger partial charge in [0.1, 0.15) is 4.34 Å². The number of nitrogens with zero attached hydrogens (tertiary/aromatic N) is 2. The number of hydrogen-bond acceptors (Lipinski definition) is 5. The van der Waals surface area contributed by atoms with E-state index in [1.54, 1.807) is 0 Å². The van der Waals surface area contributed by atoms with Crippen molar-refractivity contribution in [1.82, 2.24) is 4.98 Å². The average molecular weight is 315 g/mol. The summed E-state index contributed by atoms with van der Waals surface area (Å²) in [6.45, 7) is 0.314. The Balaban J connectivity index is 2.10. The molecule has 1 amide bonds. The third-order valence-corrected chi connectivity index (χ3v) is 4.72. The molecule has 1 aromatic rings. The highest BCUT2D eigenvalue weighted by Gasteiger charge is 2.34. The number of halogens is 2. The highest BCUT2D eigenvalue weighted by atomic mass is 35.7. The Bertz CT molecular complexity index is 543. The van der Waals surface area contributed by atoms with Gasteiger partial charge in [0, 0.05) is 29.6 Å². The van der Waals surface area contributed by atoms with Crippen LogP contribution in [0.3, 0.4) is 0 Å². The van der Waals surface area contributed by atoms with Gasteiger partial charge in [0.2, 0.25) is 15.0 Å². The first-order chi connectivity index (χ1) is 7.85. The van der Waals surface area contributed by atoms with Crippen molar-refractivity contribution in [2.45, 2.75) is 6.42 Å². The molecule has 5 nitrogen and oxygen atoms in total. The van der Waals surface area contributed by atoms with Crippen molar-refractivity contribution in [1.29, 1.82) is 0 Å². The number of anilines is 1. The topological polar surface area (TPSA) is 67.3 Å². The molecule has 94 valence electrons. The van der Waals surface area contributed by atoms with E-state index in [1.807, 2.05) is 0 Å². The minimum atomic E-state index is -3.58. The minimum absolute atomic E-state index is 0.152. The van der Waals surface area contributed by atoms with Crippen LogP contribution in [0.15, 0.2) is 6.20 Å². The molecule has 0 saturated carbocycles. The summed E-state index contributed by atoms with van der Waals surface area (Å²) in [4.78, 5) is 17.1. The van der Waals surface area contributed by atoms with Gasteiger partial charge in [-0.1, -0.05) is 22.9 Å². The van der Waals surface area contributed by atoms with E-state index in [9.17, 15) is 13.2 Å². The Morgan fingerprint density at radius 2 is 2.29 bits per heavy atom. The van der Waals surface area contributed by atoms with Crippen LogP contribution in [0.4, 0.5) is 5.13 Å². The number of carbonyl (C=O) groups excluding carboxylic acids is 1. The van der Waals surface area contributed by atoms with Crippen LogP contribution in [-0.4, -0.2) is 31.6 Å². The molecule has 1 atom stereocenters. The zero-order chi connectivity index (χ0) is 12.6. The van der Waals surface area contributed by atoms with Crippen LogP contribution in [0, 0.1) is 5.92 Å². The Morgan fingerprint density at radius 1 is 1.59 bits per heavy atom. The normalized spacial score (nSPS) is 21.2. The fourth-order valence-electron chi connectivity index (χ4n) is 1.73. The number of thiazole rings is 1. The van der Waals surface area contributed by atoms with Gasteiger partial charge in [0.25, 0.3) is 0 Å². The summed E-state index contributed by atoms with van der Waals surface area (Å²) in [7, 11) is 1.59. The maximum absolute atomic E-state index is 11.7. The van der Waals surface area contributed by atoms with Crippen LogP contribution < -0.4 is 4.90 Å². The molecule has 2 rings (SSSR count). The summed E-state index contributed by atoms with van der Waals surface area (Å²) in [5.74, 6) is -0.635. The first-order valence-electron chi connectivity index (χ1n) is 4.69. The van der Waals surface area contributed by atoms with E-state index in [2.05, 4.69) is 4.98 Å². The molecule has 0 radical (unpaired) electrons. The van der Waals surface area contributed by atoms with Crippen molar-refractivity contribution >= 4 is 53.7 Å². The summed E-state index contributed by atoms with van der Waals surface area (Å²) < 4.78 is 22.4. The molecule has 0 N–H and O–H groups in total. The summed E-state index contributed by atoms with van der Waals surface area (Å²) in [6.07, 6.45) is 1.63. The SMILES string of the molecule is O=C1CC(CS(=O)(=O)Cl)CN1c1ncc(Cl)s1. The average Bonchev–Trinajstić information content (AvgIpc) is 2.70. The number of amides is 1. The van der Waals surface area contributed by atoms with E-state index in [0.29, 0.717) is 16.0 Å². The molecule has 0 spiro atoms. The van der Waals surface area contributed by atoms with E-state index < -0.39 is 9.05 Å². The van der Waals surface area contributed by atoms with Gasteiger partial charge in [0.15, 0.2) is 5.13 Å². The van der Waals surface area contributed by atoms with Gasteiger partial charge in [-0.2, -0.15) is 0 Å². The number of hydrogen-bond donors (Lipinski definition) is 0. The summed E-state index contributed by atoms with van der Waals surface area (Å²) in [5, 5.41) is 0.495. The van der Waals surface area contributed by atoms with Crippen LogP contribution >= 0.6 is 33.6 Å². The Kier molecular flexibility index (Phi) is 3.63. The molecular weight excluding hydrogens is 307 g/mol. The van der Waals surface area contributed by atoms with Crippen molar-refractivity contribution in [3.63, 3.8) is 0 Å². The molecule has 17 heavy (non-hydrogen) atoms. The highest BCUT2D eigenvalue weighted by Crippen LogP contribution is 2.31. The number of rotatable bonds is 3. The maximum atomic E-state index is 11.7. The molecule has 1 saturated heterocycles. The molecule has 2 heterocycles. The monoisotopic (exact) mass is 314 g/mol. The molecule has 0 aliphatic carbocycles. The fraction of sp³-hybridized carbons (Fsp3) is 0.500. The van der Waals surface area contributed by atoms with Crippen LogP contribution in [0.1, 0.15) is 6.42 Å². The van der Waals surface area contributed by atoms with E-state index >= 15 is 0 Å². The first kappa shape index (κ1) is 13.1. The molecule has 1 aromatic heterocycles. The van der Waals surface area contributed by atoms with Crippen molar-refractivity contribution in [3.8, 4) is 0 Å². The Labute approximate surface area is 112 Å². The van der Waals surface area contributed by atoms with Crippen molar-refractivity contribution in [3.05, 3.63) is 10.5 Å². The van der Waals surface area contributed by atoms with E-state index in [1.165, 1.54) is 22.4 Å². The molecule has 0 bridgehead atoms. The molecule has 1 unspecified atom stereocenters. The summed E-state index contributed by atoms with van der Waals surface area (Å²) >= 11 is 6.92. The molecule has 0 aromatic carbocycles. The van der Waals surface area contributed by atoms with E-state index in [0.717, 1.165) is 0 Å². The van der Waals surface area contributed by atoms with Gasteiger partial charge in [-0.15, -0.1) is 0 Å². The van der Waals surface area contributed by atoms with Gasteiger partial charge in [-0.25, -0.2) is 13.4 Å². The zero-order valence-electron chi connectivity index (χ0n) is 8.47. The molecule has 1 aliphatic rings. The third-order valence-electron chi connectivity index (χ3n) is 2.34. The molecule has 1 aliphatic heterocycles. The van der Waals surface area contributed by atoms with Crippen LogP contribution in [0.2, 0.25) is 4.34 Å². The molecule has 9 heteroatoms. The second-order valence-corrected chi connectivity index (χ2v) is 8.19. The zero-order valence-corrected chi connectivity index (χ0v) is 11.6. The molecular formula is C8H8Cl2N2O3S2. The second-order valence-electron chi connectivity index (χ2n) is 3.73. The van der Waals surface area contributed by atoms with E-state index in [4.69, 9.17) is 22.3 Å². The lowest BCUT2D eigenvalue weighted by atomic mass is 10.1. The van der Waals surface area contributed by atoms with Crippen molar-refractivity contribution in [2.75, 3.05) is 17.2 Å². The van der Waals surface area contributed by atoms with Gasteiger partial charge in [-0.3, -0.25) is 9.69 Å². The van der Waals surface area contributed by atoms with Gasteiger partial charge < -0.3 is 0 Å². The smallest absolute Gasteiger partial charge is 0.232 e. The molecule has 1 fully saturated rings. The minimum Gasteiger partial charge on any atom is -0.288 e. The standard InChI is InChI=1S/C8H8Cl2N2O3S2/c9-6-2-11-8(16-6)12-3-5(1-7(12)13)4-17(10,14)15/h2,5H,1,3-4H2. The lowest BCUT2D eigenvalue weighted by Gasteiger charge is -2.11. The fourth-order valence-corrected chi connectivity index (χ4v) is 3.98. The van der Waals surface area contributed by atoms with E-state index in [-0.39, 0.29) is 24.0 Å². The number of carbonyl (C=O) groups is 1. The summed E-state index contributed by atoms with van der Waals surface area (Å²) in [5.41, 5.74) is 0. The van der Waals surface area contributed by atoms with Crippen LogP contribution in [0.5, 0.6) is 0 Å². The third kappa shape index (κ3) is 3.31. The lowest BCUT2D eigenvalue weighted by Crippen LogP contribution is -2.25. The predicted octanol–water partition coefficient (Wildman–Crippen LogP) is 1.72. The second kappa shape index (κ2) is 4.72. The summed E-state index contributed by atoms with van der Waals surface area (Å²) in [6, 6.07) is 0. The lowest BCUT2D eigenvalue weighted by molar-refractivity contribution is -0.117. The number of aromatic nitrogens is 1. The largest absolute Gasteiger partial charge is 0.288 e. The van der Waals surface area contributed by atoms with Gasteiger partial charge in [0.05, 0.1) is 11.9 Å². The van der Waals surface area contributed by atoms with Crippen molar-refractivity contribution in [2.24, 2.45) is 5.92 Å². The highest BCUT2D eigenvalue weighted by molar-refractivity contribution is 8.13.